The van der Waals surface area contributed by atoms with Crippen LogP contribution in [0.1, 0.15) is 45.2 Å². The van der Waals surface area contributed by atoms with E-state index in [1.807, 2.05) is 32.1 Å². The summed E-state index contributed by atoms with van der Waals surface area (Å²) in [5.41, 5.74) is 2.54. The predicted molar refractivity (Wildman–Crippen MR) is 120 cm³/mol. The molecule has 0 spiro atoms. The third-order valence-corrected chi connectivity index (χ3v) is 5.18. The summed E-state index contributed by atoms with van der Waals surface area (Å²) in [4.78, 5) is 14.1. The van der Waals surface area contributed by atoms with Crippen LogP contribution in [-0.4, -0.2) is 22.0 Å². The van der Waals surface area contributed by atoms with Gasteiger partial charge in [-0.15, -0.1) is 0 Å². The van der Waals surface area contributed by atoms with Crippen LogP contribution in [0.25, 0.3) is 0 Å². The van der Waals surface area contributed by atoms with E-state index in [0.717, 1.165) is 19.5 Å². The van der Waals surface area contributed by atoms with Crippen molar-refractivity contribution in [2.75, 3.05) is 0 Å². The van der Waals surface area contributed by atoms with E-state index in [0.29, 0.717) is 5.92 Å². The van der Waals surface area contributed by atoms with E-state index in [9.17, 15) is 9.90 Å². The van der Waals surface area contributed by atoms with Gasteiger partial charge < -0.3 is 5.11 Å². The second-order valence-corrected chi connectivity index (χ2v) is 8.57. The number of nitrogens with zero attached hydrogens (tertiary/aromatic N) is 1. The van der Waals surface area contributed by atoms with E-state index in [1.165, 1.54) is 11.1 Å². The quantitative estimate of drug-likeness (QED) is 0.475. The fraction of sp³-hybridized carbons (Fsp3) is 0.423. The van der Waals surface area contributed by atoms with Crippen LogP contribution >= 0.6 is 0 Å². The largest absolute Gasteiger partial charge is 0.481 e. The first-order valence-corrected chi connectivity index (χ1v) is 10.6. The van der Waals surface area contributed by atoms with Gasteiger partial charge in [0.1, 0.15) is 0 Å². The molecular formula is C26H35NO2. The maximum Gasteiger partial charge on any atom is 0.310 e. The highest BCUT2D eigenvalue weighted by Crippen LogP contribution is 2.21. The lowest BCUT2D eigenvalue weighted by Crippen LogP contribution is -2.34. The van der Waals surface area contributed by atoms with Crippen molar-refractivity contribution in [1.29, 1.82) is 0 Å². The van der Waals surface area contributed by atoms with E-state index in [-0.39, 0.29) is 12.0 Å². The lowest BCUT2D eigenvalue weighted by atomic mass is 9.93. The average Bonchev–Trinajstić information content (AvgIpc) is 2.67. The summed E-state index contributed by atoms with van der Waals surface area (Å²) in [6, 6.07) is 21.2. The molecule has 0 aromatic heterocycles. The highest BCUT2D eigenvalue weighted by atomic mass is 16.4. The van der Waals surface area contributed by atoms with Crippen molar-refractivity contribution in [2.45, 2.75) is 53.2 Å². The molecule has 0 fully saturated rings. The third-order valence-electron chi connectivity index (χ3n) is 5.18. The van der Waals surface area contributed by atoms with Crippen molar-refractivity contribution in [1.82, 2.24) is 4.90 Å². The Morgan fingerprint density at radius 3 is 1.72 bits per heavy atom. The number of carbonyl (C=O) groups is 1. The number of carboxylic acid groups (broad SMARTS) is 1. The smallest absolute Gasteiger partial charge is 0.310 e. The highest BCUT2D eigenvalue weighted by molar-refractivity contribution is 5.72. The maximum atomic E-state index is 11.7. The Hall–Kier alpha value is -2.39. The molecule has 2 aromatic rings. The fourth-order valence-electron chi connectivity index (χ4n) is 3.60. The number of aliphatic carboxylic acids is 1. The predicted octanol–water partition coefficient (Wildman–Crippen LogP) is 6.02. The van der Waals surface area contributed by atoms with Crippen LogP contribution < -0.4 is 0 Å². The zero-order valence-corrected chi connectivity index (χ0v) is 18.2. The first-order valence-electron chi connectivity index (χ1n) is 10.6. The van der Waals surface area contributed by atoms with Gasteiger partial charge in [-0.2, -0.15) is 0 Å². The second-order valence-electron chi connectivity index (χ2n) is 8.57. The Morgan fingerprint density at radius 1 is 0.862 bits per heavy atom. The van der Waals surface area contributed by atoms with Gasteiger partial charge in [0, 0.05) is 19.1 Å². The van der Waals surface area contributed by atoms with Gasteiger partial charge in [-0.1, -0.05) is 101 Å². The van der Waals surface area contributed by atoms with E-state index >= 15 is 0 Å². The lowest BCUT2D eigenvalue weighted by molar-refractivity contribution is -0.141. The van der Waals surface area contributed by atoms with E-state index in [4.69, 9.17) is 0 Å². The van der Waals surface area contributed by atoms with Crippen molar-refractivity contribution in [3.8, 4) is 0 Å². The molecule has 2 atom stereocenters. The normalized spacial score (nSPS) is 14.0. The van der Waals surface area contributed by atoms with Gasteiger partial charge in [-0.05, 0) is 29.4 Å². The van der Waals surface area contributed by atoms with E-state index in [1.54, 1.807) is 0 Å². The molecule has 156 valence electrons. The van der Waals surface area contributed by atoms with Crippen molar-refractivity contribution in [3.05, 3.63) is 83.9 Å². The summed E-state index contributed by atoms with van der Waals surface area (Å²) in [5, 5.41) is 9.58. The molecule has 3 nitrogen and oxygen atoms in total. The molecule has 0 saturated heterocycles. The molecule has 2 aromatic carbocycles. The van der Waals surface area contributed by atoms with Crippen LogP contribution in [-0.2, 0) is 17.9 Å². The highest BCUT2D eigenvalue weighted by Gasteiger charge is 2.22. The summed E-state index contributed by atoms with van der Waals surface area (Å²) >= 11 is 0. The molecule has 0 aliphatic carbocycles. The van der Waals surface area contributed by atoms with Crippen LogP contribution in [0.4, 0.5) is 0 Å². The summed E-state index contributed by atoms with van der Waals surface area (Å²) < 4.78 is 0. The molecule has 2 rings (SSSR count). The van der Waals surface area contributed by atoms with Crippen LogP contribution in [0.5, 0.6) is 0 Å². The van der Waals surface area contributed by atoms with Gasteiger partial charge in [0.2, 0.25) is 0 Å². The van der Waals surface area contributed by atoms with Crippen LogP contribution in [0.15, 0.2) is 72.8 Å². The molecule has 0 radical (unpaired) electrons. The lowest BCUT2D eigenvalue weighted by Gasteiger charge is -2.32. The second kappa shape index (κ2) is 11.6. The van der Waals surface area contributed by atoms with Gasteiger partial charge in [0.25, 0.3) is 0 Å². The Balaban J connectivity index is 2.32. The van der Waals surface area contributed by atoms with Crippen LogP contribution in [0.3, 0.4) is 0 Å². The van der Waals surface area contributed by atoms with Gasteiger partial charge in [0.15, 0.2) is 0 Å². The molecule has 1 N–H and O–H groups in total. The van der Waals surface area contributed by atoms with Crippen molar-refractivity contribution < 1.29 is 9.90 Å². The zero-order valence-electron chi connectivity index (χ0n) is 18.2. The minimum absolute atomic E-state index is 0.0696. The van der Waals surface area contributed by atoms with Crippen molar-refractivity contribution >= 4 is 5.97 Å². The molecular weight excluding hydrogens is 358 g/mol. The van der Waals surface area contributed by atoms with Gasteiger partial charge in [-0.3, -0.25) is 9.69 Å². The third kappa shape index (κ3) is 7.86. The number of hydrogen-bond donors (Lipinski definition) is 1. The summed E-state index contributed by atoms with van der Waals surface area (Å²) in [5.74, 6) is -0.627. The fourth-order valence-corrected chi connectivity index (χ4v) is 3.60. The summed E-state index contributed by atoms with van der Waals surface area (Å²) in [7, 11) is 0. The summed E-state index contributed by atoms with van der Waals surface area (Å²) in [6.07, 6.45) is 5.02. The monoisotopic (exact) mass is 393 g/mol. The minimum Gasteiger partial charge on any atom is -0.481 e. The first kappa shape index (κ1) is 22.9. The minimum atomic E-state index is -0.753. The van der Waals surface area contributed by atoms with Crippen LogP contribution in [0, 0.1) is 17.8 Å². The molecule has 29 heavy (non-hydrogen) atoms. The van der Waals surface area contributed by atoms with Crippen LogP contribution in [0.2, 0.25) is 0 Å². The molecule has 3 heteroatoms. The molecule has 0 aliphatic heterocycles. The Bertz CT molecular complexity index is 711. The number of rotatable bonds is 11. The Labute approximate surface area is 176 Å². The maximum absolute atomic E-state index is 11.7. The first-order chi connectivity index (χ1) is 13.9. The molecule has 0 unspecified atom stereocenters. The SMILES string of the molecule is CC(C)C[C@@H](/C=C/[C@H](C(=O)O)C(C)C)N(Cc1ccccc1)Cc1ccccc1. The molecule has 0 aliphatic rings. The van der Waals surface area contributed by atoms with E-state index < -0.39 is 11.9 Å². The number of carboxylic acids is 1. The van der Waals surface area contributed by atoms with Gasteiger partial charge >= 0.3 is 5.97 Å². The standard InChI is InChI=1S/C26H35NO2/c1-20(2)17-24(15-16-25(21(3)4)26(28)29)27(18-22-11-7-5-8-12-22)19-23-13-9-6-10-14-23/h5-16,20-21,24-25H,17-19H2,1-4H3,(H,28,29)/b16-15+/t24-,25+/m1/s1. The molecule has 0 bridgehead atoms. The average molecular weight is 394 g/mol. The Kier molecular flexibility index (Phi) is 9.14. The molecule has 0 saturated carbocycles. The van der Waals surface area contributed by atoms with Crippen molar-refractivity contribution in [2.24, 2.45) is 17.8 Å². The van der Waals surface area contributed by atoms with E-state index in [2.05, 4.69) is 73.4 Å². The number of benzene rings is 2. The number of hydrogen-bond acceptors (Lipinski definition) is 2. The zero-order chi connectivity index (χ0) is 21.2. The van der Waals surface area contributed by atoms with Gasteiger partial charge in [-0.25, -0.2) is 0 Å². The van der Waals surface area contributed by atoms with Gasteiger partial charge in [0.05, 0.1) is 5.92 Å². The molecule has 0 heterocycles. The summed E-state index contributed by atoms with van der Waals surface area (Å²) in [6.45, 7) is 10.0. The topological polar surface area (TPSA) is 40.5 Å². The molecule has 0 amide bonds. The Morgan fingerprint density at radius 2 is 1.34 bits per heavy atom. The van der Waals surface area contributed by atoms with Crippen molar-refractivity contribution in [3.63, 3.8) is 0 Å².